The lowest BCUT2D eigenvalue weighted by atomic mass is 9.93. The van der Waals surface area contributed by atoms with Crippen LogP contribution in [0.2, 0.25) is 0 Å². The number of nitrogens with zero attached hydrogens (tertiary/aromatic N) is 4. The monoisotopic (exact) mass is 780 g/mol. The number of amides is 4. The van der Waals surface area contributed by atoms with Gasteiger partial charge in [-0.25, -0.2) is 19.6 Å². The van der Waals surface area contributed by atoms with E-state index in [4.69, 9.17) is 24.2 Å². The Balaban J connectivity index is 1.07. The first kappa shape index (κ1) is 39.5. The number of imidazole rings is 2. The van der Waals surface area contributed by atoms with Crippen LogP contribution in [0.25, 0.3) is 33.6 Å². The van der Waals surface area contributed by atoms with Crippen molar-refractivity contribution in [3.05, 3.63) is 71.6 Å². The number of methoxy groups -OCH3 is 2. The van der Waals surface area contributed by atoms with Gasteiger partial charge in [-0.15, -0.1) is 0 Å². The second-order valence-corrected chi connectivity index (χ2v) is 15.7. The van der Waals surface area contributed by atoms with Crippen LogP contribution < -0.4 is 10.6 Å². The molecular weight excluding hydrogens is 729 g/mol. The summed E-state index contributed by atoms with van der Waals surface area (Å²) in [6.07, 6.45) is 5.58. The van der Waals surface area contributed by atoms with Crippen LogP contribution in [0.1, 0.15) is 88.2 Å². The summed E-state index contributed by atoms with van der Waals surface area (Å²) in [7, 11) is 2.58. The second kappa shape index (κ2) is 16.8. The van der Waals surface area contributed by atoms with Gasteiger partial charge in [0.2, 0.25) is 11.8 Å². The van der Waals surface area contributed by atoms with Crippen LogP contribution in [0, 0.1) is 11.8 Å². The number of ether oxygens (including phenoxy) is 3. The Morgan fingerprint density at radius 2 is 1.12 bits per heavy atom. The van der Waals surface area contributed by atoms with Crippen LogP contribution in [0.4, 0.5) is 9.59 Å². The van der Waals surface area contributed by atoms with Gasteiger partial charge < -0.3 is 44.6 Å². The van der Waals surface area contributed by atoms with Gasteiger partial charge in [-0.1, -0.05) is 52.0 Å². The second-order valence-electron chi connectivity index (χ2n) is 15.7. The van der Waals surface area contributed by atoms with Crippen molar-refractivity contribution in [1.82, 2.24) is 40.4 Å². The van der Waals surface area contributed by atoms with Crippen molar-refractivity contribution in [3.63, 3.8) is 0 Å². The summed E-state index contributed by atoms with van der Waals surface area (Å²) in [5.41, 5.74) is 7.90. The van der Waals surface area contributed by atoms with E-state index >= 15 is 0 Å². The highest BCUT2D eigenvalue weighted by atomic mass is 16.5. The molecule has 3 aliphatic rings. The summed E-state index contributed by atoms with van der Waals surface area (Å²) in [4.78, 5) is 71.3. The first-order chi connectivity index (χ1) is 27.5. The number of hydrogen-bond donors (Lipinski definition) is 4. The summed E-state index contributed by atoms with van der Waals surface area (Å²) >= 11 is 0. The minimum Gasteiger partial charge on any atom is -0.453 e. The fourth-order valence-electron chi connectivity index (χ4n) is 8.25. The van der Waals surface area contributed by atoms with Gasteiger partial charge in [0.15, 0.2) is 0 Å². The number of likely N-dealkylation sites (tertiary alicyclic amines) is 2. The number of alkyl carbamates (subject to hydrolysis) is 2. The van der Waals surface area contributed by atoms with Gasteiger partial charge in [-0.05, 0) is 83.0 Å². The van der Waals surface area contributed by atoms with E-state index in [2.05, 4.69) is 57.0 Å². The van der Waals surface area contributed by atoms with Crippen molar-refractivity contribution in [2.75, 3.05) is 27.3 Å². The molecule has 0 radical (unpaired) electrons. The zero-order valence-corrected chi connectivity index (χ0v) is 33.4. The van der Waals surface area contributed by atoms with Crippen LogP contribution in [0.3, 0.4) is 0 Å². The quantitative estimate of drug-likeness (QED) is 0.144. The van der Waals surface area contributed by atoms with Gasteiger partial charge in [-0.2, -0.15) is 0 Å². The predicted octanol–water partition coefficient (Wildman–Crippen LogP) is 6.25. The van der Waals surface area contributed by atoms with Gasteiger partial charge in [-0.3, -0.25) is 9.59 Å². The molecule has 2 aromatic carbocycles. The van der Waals surface area contributed by atoms with Crippen LogP contribution in [0.15, 0.2) is 48.8 Å². The highest BCUT2D eigenvalue weighted by molar-refractivity contribution is 5.87. The summed E-state index contributed by atoms with van der Waals surface area (Å²) in [6, 6.07) is 10.8. The molecule has 4 atom stereocenters. The number of aromatic amines is 2. The number of rotatable bonds is 10. The molecule has 2 aromatic heterocycles. The highest BCUT2D eigenvalue weighted by Gasteiger charge is 2.39. The molecule has 2 fully saturated rings. The van der Waals surface area contributed by atoms with Crippen LogP contribution in [-0.4, -0.2) is 93.1 Å². The third-order valence-corrected chi connectivity index (χ3v) is 11.3. The van der Waals surface area contributed by atoms with Crippen LogP contribution in [-0.2, 0) is 37.0 Å². The number of hydrogen-bond acceptors (Lipinski definition) is 9. The molecule has 15 nitrogen and oxygen atoms in total. The number of H-pyrrole nitrogens is 2. The fraction of sp³-hybridized carbons (Fsp3) is 0.476. The van der Waals surface area contributed by atoms with E-state index in [-0.39, 0.29) is 35.7 Å². The van der Waals surface area contributed by atoms with E-state index in [1.54, 1.807) is 0 Å². The minimum atomic E-state index is -0.699. The zero-order valence-electron chi connectivity index (χ0n) is 33.4. The molecule has 4 aromatic rings. The van der Waals surface area contributed by atoms with Crippen molar-refractivity contribution < 1.29 is 33.4 Å². The molecule has 2 saturated heterocycles. The molecule has 7 rings (SSSR count). The minimum absolute atomic E-state index is 0.115. The third-order valence-electron chi connectivity index (χ3n) is 11.3. The normalized spacial score (nSPS) is 18.8. The Kier molecular flexibility index (Phi) is 11.7. The standard InChI is InChI=1S/C42H52N8O7/c1-23(2)35(47-41(53)55-5)39(51)49-15-7-9-33(49)37-43-19-31(45-37)25-11-13-29-27(17-25)21-57-22-28-18-26(12-14-30(28)29)32-20-44-38(46-32)34-10-8-16-50(34)40(52)36(24(3)4)48-42(54)56-6/h11-14,17-20,23-24,33-36H,7-10,15-16,21-22H2,1-6H3,(H,43,45)(H,44,46)(H,47,53)(H,48,54)/t33-,34?,35+,36-/m0/s1. The van der Waals surface area contributed by atoms with E-state index in [0.717, 1.165) is 70.5 Å². The summed E-state index contributed by atoms with van der Waals surface area (Å²) in [5, 5.41) is 5.40. The van der Waals surface area contributed by atoms with E-state index in [1.807, 2.05) is 49.9 Å². The average Bonchev–Trinajstić information content (AvgIpc) is 4.04. The zero-order chi connectivity index (χ0) is 40.4. The lowest BCUT2D eigenvalue weighted by Crippen LogP contribution is -2.51. The maximum absolute atomic E-state index is 13.6. The van der Waals surface area contributed by atoms with E-state index < -0.39 is 24.3 Å². The SMILES string of the molecule is COC(=O)N[C@H](C(=O)N1CCCC1c1ncc(-c2ccc3c(c2)COCc2cc(-c4cnc([C@@H]5CCCN5C(=O)[C@H](NC(=O)OC)C(C)C)[nH]4)ccc2-3)[nH]1)C(C)C. The predicted molar refractivity (Wildman–Crippen MR) is 211 cm³/mol. The maximum atomic E-state index is 13.6. The van der Waals surface area contributed by atoms with Crippen molar-refractivity contribution in [2.24, 2.45) is 11.8 Å². The Bertz CT molecular complexity index is 1980. The molecule has 302 valence electrons. The molecule has 0 saturated carbocycles. The molecule has 1 unspecified atom stereocenters. The molecule has 3 aliphatic heterocycles. The topological polar surface area (TPSA) is 184 Å². The Morgan fingerprint density at radius 1 is 0.702 bits per heavy atom. The van der Waals surface area contributed by atoms with E-state index in [1.165, 1.54) is 14.2 Å². The molecule has 57 heavy (non-hydrogen) atoms. The molecule has 0 aliphatic carbocycles. The lowest BCUT2D eigenvalue weighted by molar-refractivity contribution is -0.136. The molecule has 4 N–H and O–H groups in total. The smallest absolute Gasteiger partial charge is 0.407 e. The molecule has 15 heteroatoms. The van der Waals surface area contributed by atoms with Crippen molar-refractivity contribution in [3.8, 4) is 33.6 Å². The summed E-state index contributed by atoms with van der Waals surface area (Å²) in [6.45, 7) is 9.64. The number of carbonyl (C=O) groups excluding carboxylic acids is 4. The van der Waals surface area contributed by atoms with Gasteiger partial charge >= 0.3 is 12.2 Å². The summed E-state index contributed by atoms with van der Waals surface area (Å²) < 4.78 is 15.8. The Morgan fingerprint density at radius 3 is 1.51 bits per heavy atom. The molecule has 4 amide bonds. The van der Waals surface area contributed by atoms with Crippen molar-refractivity contribution in [1.29, 1.82) is 0 Å². The number of benzene rings is 2. The molecule has 0 spiro atoms. The van der Waals surface area contributed by atoms with Crippen LogP contribution in [0.5, 0.6) is 0 Å². The fourth-order valence-corrected chi connectivity index (χ4v) is 8.25. The number of aromatic nitrogens is 4. The highest BCUT2D eigenvalue weighted by Crippen LogP contribution is 2.38. The Labute approximate surface area is 332 Å². The third kappa shape index (κ3) is 8.11. The van der Waals surface area contributed by atoms with E-state index in [0.29, 0.717) is 38.0 Å². The number of nitrogens with one attached hydrogen (secondary N) is 4. The van der Waals surface area contributed by atoms with Gasteiger partial charge in [0, 0.05) is 13.1 Å². The molecular formula is C42H52N8O7. The summed E-state index contributed by atoms with van der Waals surface area (Å²) in [5.74, 6) is 0.903. The van der Waals surface area contributed by atoms with E-state index in [9.17, 15) is 19.2 Å². The van der Waals surface area contributed by atoms with Gasteiger partial charge in [0.25, 0.3) is 0 Å². The van der Waals surface area contributed by atoms with Crippen molar-refractivity contribution >= 4 is 24.0 Å². The van der Waals surface area contributed by atoms with Gasteiger partial charge in [0.05, 0.1) is 63.3 Å². The largest absolute Gasteiger partial charge is 0.453 e. The lowest BCUT2D eigenvalue weighted by Gasteiger charge is -2.30. The number of fused-ring (bicyclic) bond motifs is 3. The number of carbonyl (C=O) groups is 4. The van der Waals surface area contributed by atoms with Gasteiger partial charge in [0.1, 0.15) is 23.7 Å². The van der Waals surface area contributed by atoms with Crippen LogP contribution >= 0.6 is 0 Å². The maximum Gasteiger partial charge on any atom is 0.407 e. The molecule has 5 heterocycles. The molecule has 0 bridgehead atoms. The first-order valence-corrected chi connectivity index (χ1v) is 19.7. The van der Waals surface area contributed by atoms with Crippen molar-refractivity contribution in [2.45, 2.75) is 90.8 Å². The average molecular weight is 781 g/mol. The Hall–Kier alpha value is -5.70. The first-order valence-electron chi connectivity index (χ1n) is 19.7.